The summed E-state index contributed by atoms with van der Waals surface area (Å²) in [6, 6.07) is 16.1. The molecule has 2 rings (SSSR count). The Bertz CT molecular complexity index is 788. The van der Waals surface area contributed by atoms with Gasteiger partial charge in [0.1, 0.15) is 6.04 Å². The summed E-state index contributed by atoms with van der Waals surface area (Å²) < 4.78 is 0. The van der Waals surface area contributed by atoms with E-state index >= 15 is 0 Å². The lowest BCUT2D eigenvalue weighted by atomic mass is 10.1. The van der Waals surface area contributed by atoms with Crippen LogP contribution in [0, 0.1) is 13.8 Å². The van der Waals surface area contributed by atoms with Gasteiger partial charge < -0.3 is 10.2 Å². The van der Waals surface area contributed by atoms with Crippen molar-refractivity contribution in [3.63, 3.8) is 0 Å². The number of rotatable bonds is 10. The standard InChI is InChI=1S/C24H32N2O2S/c1-5-25-24(28)20(4)26(12-11-21-9-7-6-8-10-21)23(27)17-29-16-22-14-18(2)13-19(3)15-22/h6-10,13-15,20H,5,11-12,16-17H2,1-4H3,(H,25,28). The summed E-state index contributed by atoms with van der Waals surface area (Å²) >= 11 is 1.60. The van der Waals surface area contributed by atoms with Gasteiger partial charge in [0.05, 0.1) is 5.75 Å². The minimum absolute atomic E-state index is 0.00839. The van der Waals surface area contributed by atoms with Gasteiger partial charge in [-0.25, -0.2) is 0 Å². The summed E-state index contributed by atoms with van der Waals surface area (Å²) in [6.45, 7) is 8.97. The molecule has 29 heavy (non-hydrogen) atoms. The van der Waals surface area contributed by atoms with E-state index in [1.807, 2.05) is 44.2 Å². The van der Waals surface area contributed by atoms with Gasteiger partial charge >= 0.3 is 0 Å². The van der Waals surface area contributed by atoms with Crippen molar-refractivity contribution in [2.75, 3.05) is 18.8 Å². The van der Waals surface area contributed by atoms with Crippen molar-refractivity contribution in [1.29, 1.82) is 0 Å². The lowest BCUT2D eigenvalue weighted by molar-refractivity contribution is -0.137. The highest BCUT2D eigenvalue weighted by Gasteiger charge is 2.25. The van der Waals surface area contributed by atoms with Crippen LogP contribution in [0.2, 0.25) is 0 Å². The van der Waals surface area contributed by atoms with E-state index in [0.717, 1.165) is 17.7 Å². The Morgan fingerprint density at radius 2 is 1.69 bits per heavy atom. The molecule has 0 heterocycles. The molecule has 0 bridgehead atoms. The van der Waals surface area contributed by atoms with E-state index in [9.17, 15) is 9.59 Å². The number of hydrogen-bond donors (Lipinski definition) is 1. The molecule has 0 fully saturated rings. The quantitative estimate of drug-likeness (QED) is 0.638. The average Bonchev–Trinajstić information content (AvgIpc) is 2.68. The molecule has 0 radical (unpaired) electrons. The van der Waals surface area contributed by atoms with Crippen molar-refractivity contribution in [2.24, 2.45) is 0 Å². The molecule has 1 atom stereocenters. The summed E-state index contributed by atoms with van der Waals surface area (Å²) in [7, 11) is 0. The van der Waals surface area contributed by atoms with Crippen LogP contribution < -0.4 is 5.32 Å². The van der Waals surface area contributed by atoms with E-state index in [-0.39, 0.29) is 11.8 Å². The van der Waals surface area contributed by atoms with E-state index in [4.69, 9.17) is 0 Å². The number of amides is 2. The van der Waals surface area contributed by atoms with Crippen LogP contribution >= 0.6 is 11.8 Å². The zero-order valence-electron chi connectivity index (χ0n) is 17.9. The van der Waals surface area contributed by atoms with E-state index in [1.165, 1.54) is 16.7 Å². The Kier molecular flexibility index (Phi) is 9.26. The van der Waals surface area contributed by atoms with Crippen molar-refractivity contribution in [1.82, 2.24) is 10.2 Å². The molecule has 0 saturated heterocycles. The Hall–Kier alpha value is -2.27. The van der Waals surface area contributed by atoms with Crippen LogP contribution in [0.3, 0.4) is 0 Å². The monoisotopic (exact) mass is 412 g/mol. The molecule has 1 unspecified atom stereocenters. The van der Waals surface area contributed by atoms with Gasteiger partial charge in [0, 0.05) is 18.8 Å². The second-order valence-electron chi connectivity index (χ2n) is 7.38. The maximum atomic E-state index is 13.0. The minimum atomic E-state index is -0.479. The molecule has 0 aliphatic rings. The Morgan fingerprint density at radius 3 is 2.31 bits per heavy atom. The third-order valence-electron chi connectivity index (χ3n) is 4.78. The zero-order valence-corrected chi connectivity index (χ0v) is 18.7. The van der Waals surface area contributed by atoms with Crippen LogP contribution in [0.1, 0.15) is 36.1 Å². The molecule has 5 heteroatoms. The minimum Gasteiger partial charge on any atom is -0.355 e. The normalized spacial score (nSPS) is 11.7. The molecule has 2 amide bonds. The summed E-state index contributed by atoms with van der Waals surface area (Å²) in [5.41, 5.74) is 4.87. The number of nitrogens with zero attached hydrogens (tertiary/aromatic N) is 1. The molecule has 0 saturated carbocycles. The highest BCUT2D eigenvalue weighted by Crippen LogP contribution is 2.17. The number of carbonyl (C=O) groups excluding carboxylic acids is 2. The zero-order chi connectivity index (χ0) is 21.2. The molecule has 4 nitrogen and oxygen atoms in total. The SMILES string of the molecule is CCNC(=O)C(C)N(CCc1ccccc1)C(=O)CSCc1cc(C)cc(C)c1. The van der Waals surface area contributed by atoms with Crippen LogP contribution in [-0.2, 0) is 21.8 Å². The van der Waals surface area contributed by atoms with E-state index < -0.39 is 6.04 Å². The number of benzene rings is 2. The summed E-state index contributed by atoms with van der Waals surface area (Å²) in [6.07, 6.45) is 0.734. The van der Waals surface area contributed by atoms with E-state index in [2.05, 4.69) is 37.4 Å². The second kappa shape index (κ2) is 11.7. The molecule has 2 aromatic rings. The Balaban J connectivity index is 1.99. The highest BCUT2D eigenvalue weighted by molar-refractivity contribution is 7.99. The van der Waals surface area contributed by atoms with Gasteiger partial charge in [-0.1, -0.05) is 59.7 Å². The fourth-order valence-corrected chi connectivity index (χ4v) is 4.23. The Labute approximate surface area is 179 Å². The third-order valence-corrected chi connectivity index (χ3v) is 5.77. The fraction of sp³-hybridized carbons (Fsp3) is 0.417. The number of thioether (sulfide) groups is 1. The van der Waals surface area contributed by atoms with Gasteiger partial charge in [0.2, 0.25) is 11.8 Å². The molecular weight excluding hydrogens is 380 g/mol. The van der Waals surface area contributed by atoms with Gasteiger partial charge in [0.15, 0.2) is 0 Å². The molecule has 1 N–H and O–H groups in total. The van der Waals surface area contributed by atoms with Crippen LogP contribution in [0.15, 0.2) is 48.5 Å². The third kappa shape index (κ3) is 7.58. The molecular formula is C24H32N2O2S. The predicted molar refractivity (Wildman–Crippen MR) is 122 cm³/mol. The van der Waals surface area contributed by atoms with Crippen molar-refractivity contribution >= 4 is 23.6 Å². The Morgan fingerprint density at radius 1 is 1.03 bits per heavy atom. The smallest absolute Gasteiger partial charge is 0.242 e. The first-order chi connectivity index (χ1) is 13.9. The number of carbonyl (C=O) groups is 2. The van der Waals surface area contributed by atoms with E-state index in [1.54, 1.807) is 16.7 Å². The fourth-order valence-electron chi connectivity index (χ4n) is 3.38. The molecule has 0 spiro atoms. The summed E-state index contributed by atoms with van der Waals surface area (Å²) in [5.74, 6) is 1.06. The van der Waals surface area contributed by atoms with E-state index in [0.29, 0.717) is 18.8 Å². The first kappa shape index (κ1) is 23.0. The molecule has 0 aliphatic heterocycles. The van der Waals surface area contributed by atoms with Crippen LogP contribution in [-0.4, -0.2) is 41.6 Å². The lowest BCUT2D eigenvalue weighted by Gasteiger charge is -2.28. The summed E-state index contributed by atoms with van der Waals surface area (Å²) in [5, 5.41) is 2.83. The largest absolute Gasteiger partial charge is 0.355 e. The number of likely N-dealkylation sites (N-methyl/N-ethyl adjacent to an activating group) is 1. The molecule has 0 aromatic heterocycles. The number of hydrogen-bond acceptors (Lipinski definition) is 3. The first-order valence-corrected chi connectivity index (χ1v) is 11.3. The molecule has 0 aliphatic carbocycles. The van der Waals surface area contributed by atoms with Crippen molar-refractivity contribution in [3.05, 3.63) is 70.8 Å². The van der Waals surface area contributed by atoms with Crippen LogP contribution in [0.5, 0.6) is 0 Å². The van der Waals surface area contributed by atoms with Gasteiger partial charge in [-0.2, -0.15) is 0 Å². The maximum absolute atomic E-state index is 13.0. The average molecular weight is 413 g/mol. The lowest BCUT2D eigenvalue weighted by Crippen LogP contribution is -2.49. The number of aryl methyl sites for hydroxylation is 2. The van der Waals surface area contributed by atoms with Gasteiger partial charge in [-0.05, 0) is 45.2 Å². The van der Waals surface area contributed by atoms with Gasteiger partial charge in [-0.3, -0.25) is 9.59 Å². The molecule has 2 aromatic carbocycles. The second-order valence-corrected chi connectivity index (χ2v) is 8.37. The number of nitrogens with one attached hydrogen (secondary N) is 1. The van der Waals surface area contributed by atoms with Crippen LogP contribution in [0.25, 0.3) is 0 Å². The summed E-state index contributed by atoms with van der Waals surface area (Å²) in [4.78, 5) is 27.0. The van der Waals surface area contributed by atoms with Gasteiger partial charge in [0.25, 0.3) is 0 Å². The van der Waals surface area contributed by atoms with Crippen molar-refractivity contribution < 1.29 is 9.59 Å². The topological polar surface area (TPSA) is 49.4 Å². The van der Waals surface area contributed by atoms with Gasteiger partial charge in [-0.15, -0.1) is 11.8 Å². The molecule has 156 valence electrons. The maximum Gasteiger partial charge on any atom is 0.242 e. The van der Waals surface area contributed by atoms with Crippen molar-refractivity contribution in [3.8, 4) is 0 Å². The highest BCUT2D eigenvalue weighted by atomic mass is 32.2. The first-order valence-electron chi connectivity index (χ1n) is 10.2. The van der Waals surface area contributed by atoms with Crippen LogP contribution in [0.4, 0.5) is 0 Å². The van der Waals surface area contributed by atoms with Crippen molar-refractivity contribution in [2.45, 2.75) is 45.9 Å². The predicted octanol–water partition coefficient (Wildman–Crippen LogP) is 4.13.